The summed E-state index contributed by atoms with van der Waals surface area (Å²) in [5, 5.41) is 2.83. The van der Waals surface area contributed by atoms with Crippen LogP contribution in [-0.4, -0.2) is 19.9 Å². The average Bonchev–Trinajstić information content (AvgIpc) is 3.43. The van der Waals surface area contributed by atoms with Crippen molar-refractivity contribution < 1.29 is 9.21 Å². The van der Waals surface area contributed by atoms with Crippen LogP contribution in [0.25, 0.3) is 16.9 Å². The summed E-state index contributed by atoms with van der Waals surface area (Å²) < 4.78 is 9.12. The van der Waals surface area contributed by atoms with Gasteiger partial charge in [-0.15, -0.1) is 0 Å². The molecule has 5 rings (SSSR count). The summed E-state index contributed by atoms with van der Waals surface area (Å²) in [6, 6.07) is 19.8. The normalized spacial score (nSPS) is 11.0. The number of aryl methyl sites for hydroxylation is 1. The molecular weight excluding hydrogens is 404 g/mol. The Morgan fingerprint density at radius 2 is 1.88 bits per heavy atom. The number of nitrogens with zero attached hydrogens (tertiary/aromatic N) is 3. The number of amides is 1. The summed E-state index contributed by atoms with van der Waals surface area (Å²) in [6.07, 6.45) is 5.64. The molecule has 5 aromatic rings. The van der Waals surface area contributed by atoms with Gasteiger partial charge in [0.15, 0.2) is 5.76 Å². The molecule has 0 radical (unpaired) electrons. The first-order chi connectivity index (χ1) is 15.5. The number of furan rings is 1. The molecule has 0 fully saturated rings. The molecule has 0 bridgehead atoms. The monoisotopic (exact) mass is 424 g/mol. The van der Waals surface area contributed by atoms with Crippen LogP contribution < -0.4 is 10.9 Å². The predicted molar refractivity (Wildman–Crippen MR) is 122 cm³/mol. The second-order valence-electron chi connectivity index (χ2n) is 7.56. The highest BCUT2D eigenvalue weighted by Crippen LogP contribution is 2.22. The Labute approximate surface area is 183 Å². The minimum atomic E-state index is -0.354. The fourth-order valence-electron chi connectivity index (χ4n) is 3.48. The van der Waals surface area contributed by atoms with Crippen LogP contribution in [0, 0.1) is 6.92 Å². The maximum atomic E-state index is 12.6. The number of anilines is 1. The molecule has 0 spiro atoms. The van der Waals surface area contributed by atoms with E-state index in [0.29, 0.717) is 11.4 Å². The summed E-state index contributed by atoms with van der Waals surface area (Å²) in [5.41, 5.74) is 4.39. The van der Waals surface area contributed by atoms with Gasteiger partial charge in [-0.2, -0.15) is 0 Å². The van der Waals surface area contributed by atoms with Gasteiger partial charge in [0, 0.05) is 35.9 Å². The van der Waals surface area contributed by atoms with Crippen molar-refractivity contribution in [1.29, 1.82) is 0 Å². The van der Waals surface area contributed by atoms with Gasteiger partial charge >= 0.3 is 0 Å². The van der Waals surface area contributed by atoms with E-state index in [-0.39, 0.29) is 23.8 Å². The lowest BCUT2D eigenvalue weighted by Crippen LogP contribution is -2.18. The van der Waals surface area contributed by atoms with Gasteiger partial charge in [-0.25, -0.2) is 4.98 Å². The molecule has 158 valence electrons. The van der Waals surface area contributed by atoms with E-state index in [1.165, 1.54) is 10.6 Å². The summed E-state index contributed by atoms with van der Waals surface area (Å²) in [5.74, 6) is 0.359. The first-order valence-corrected chi connectivity index (χ1v) is 10.2. The molecule has 7 heteroatoms. The molecule has 0 aliphatic carbocycles. The van der Waals surface area contributed by atoms with Crippen LogP contribution in [0.2, 0.25) is 0 Å². The number of hydrogen-bond donors (Lipinski definition) is 1. The Hall–Kier alpha value is -4.39. The van der Waals surface area contributed by atoms with E-state index in [2.05, 4.69) is 10.3 Å². The van der Waals surface area contributed by atoms with Gasteiger partial charge in [0.05, 0.1) is 12.2 Å². The van der Waals surface area contributed by atoms with Crippen molar-refractivity contribution in [2.45, 2.75) is 13.5 Å². The number of fused-ring (bicyclic) bond motifs is 1. The summed E-state index contributed by atoms with van der Waals surface area (Å²) in [7, 11) is 0. The summed E-state index contributed by atoms with van der Waals surface area (Å²) in [4.78, 5) is 29.1. The lowest BCUT2D eigenvalue weighted by molar-refractivity contribution is 0.0994. The number of aromatic nitrogens is 3. The maximum Gasteiger partial charge on any atom is 0.291 e. The van der Waals surface area contributed by atoms with Crippen LogP contribution in [0.4, 0.5) is 5.69 Å². The van der Waals surface area contributed by atoms with Crippen molar-refractivity contribution in [3.05, 3.63) is 113 Å². The van der Waals surface area contributed by atoms with E-state index in [4.69, 9.17) is 4.42 Å². The van der Waals surface area contributed by atoms with Gasteiger partial charge in [0.2, 0.25) is 0 Å². The topological polar surface area (TPSA) is 81.5 Å². The first kappa shape index (κ1) is 19.6. The maximum absolute atomic E-state index is 12.6. The Balaban J connectivity index is 1.28. The summed E-state index contributed by atoms with van der Waals surface area (Å²) >= 11 is 0. The summed E-state index contributed by atoms with van der Waals surface area (Å²) in [6.45, 7) is 2.30. The second-order valence-corrected chi connectivity index (χ2v) is 7.56. The van der Waals surface area contributed by atoms with E-state index < -0.39 is 0 Å². The van der Waals surface area contributed by atoms with Gasteiger partial charge < -0.3 is 18.7 Å². The molecule has 4 aromatic heterocycles. The Kier molecular flexibility index (Phi) is 4.91. The van der Waals surface area contributed by atoms with Crippen LogP contribution in [0.15, 0.2) is 94.5 Å². The fraction of sp³-hybridized carbons (Fsp3) is 0.0800. The van der Waals surface area contributed by atoms with Gasteiger partial charge in [0.1, 0.15) is 11.4 Å². The molecule has 32 heavy (non-hydrogen) atoms. The molecule has 0 atom stereocenters. The Bertz CT molecular complexity index is 1480. The predicted octanol–water partition coefficient (Wildman–Crippen LogP) is 4.37. The molecule has 0 unspecified atom stereocenters. The van der Waals surface area contributed by atoms with E-state index in [0.717, 1.165) is 22.5 Å². The number of benzene rings is 1. The van der Waals surface area contributed by atoms with Crippen LogP contribution in [0.1, 0.15) is 21.9 Å². The standard InChI is InChI=1S/C25H20N4O3/c1-17-11-13-28-16-21(27-23(28)14-17)18-5-7-19(8-6-18)26-25(31)22-10-9-20(32-22)15-29-12-3-2-4-24(29)30/h2-14,16H,15H2,1H3,(H,26,31). The highest BCUT2D eigenvalue weighted by atomic mass is 16.4. The molecule has 7 nitrogen and oxygen atoms in total. The first-order valence-electron chi connectivity index (χ1n) is 10.2. The molecule has 0 saturated heterocycles. The number of nitrogens with one attached hydrogen (secondary N) is 1. The SMILES string of the molecule is Cc1ccn2cc(-c3ccc(NC(=O)c4ccc(Cn5ccccc5=O)o4)cc3)nc2c1. The molecule has 1 aromatic carbocycles. The fourth-order valence-corrected chi connectivity index (χ4v) is 3.48. The third-order valence-electron chi connectivity index (χ3n) is 5.16. The third-order valence-corrected chi connectivity index (χ3v) is 5.16. The number of carbonyl (C=O) groups excluding carboxylic acids is 1. The molecule has 0 aliphatic rings. The Morgan fingerprint density at radius 3 is 2.69 bits per heavy atom. The van der Waals surface area contributed by atoms with Crippen molar-refractivity contribution in [2.24, 2.45) is 0 Å². The minimum absolute atomic E-state index is 0.129. The van der Waals surface area contributed by atoms with Crippen molar-refractivity contribution in [1.82, 2.24) is 14.0 Å². The number of pyridine rings is 2. The van der Waals surface area contributed by atoms with Crippen LogP contribution in [-0.2, 0) is 6.54 Å². The molecule has 1 N–H and O–H groups in total. The Morgan fingerprint density at radius 1 is 1.03 bits per heavy atom. The lowest BCUT2D eigenvalue weighted by Gasteiger charge is -2.05. The number of hydrogen-bond acceptors (Lipinski definition) is 4. The van der Waals surface area contributed by atoms with Crippen molar-refractivity contribution >= 4 is 17.2 Å². The third kappa shape index (κ3) is 3.96. The number of imidazole rings is 1. The second kappa shape index (κ2) is 8.03. The average molecular weight is 424 g/mol. The van der Waals surface area contributed by atoms with Crippen LogP contribution in [0.5, 0.6) is 0 Å². The van der Waals surface area contributed by atoms with Crippen molar-refractivity contribution in [3.63, 3.8) is 0 Å². The smallest absolute Gasteiger partial charge is 0.291 e. The largest absolute Gasteiger partial charge is 0.454 e. The van der Waals surface area contributed by atoms with Crippen LogP contribution >= 0.6 is 0 Å². The van der Waals surface area contributed by atoms with Gasteiger partial charge in [-0.3, -0.25) is 9.59 Å². The molecule has 0 aliphatic heterocycles. The highest BCUT2D eigenvalue weighted by Gasteiger charge is 2.13. The molecule has 4 heterocycles. The van der Waals surface area contributed by atoms with Gasteiger partial charge in [-0.05, 0) is 55.0 Å². The van der Waals surface area contributed by atoms with Crippen molar-refractivity contribution in [3.8, 4) is 11.3 Å². The van der Waals surface area contributed by atoms with E-state index in [9.17, 15) is 9.59 Å². The minimum Gasteiger partial charge on any atom is -0.454 e. The highest BCUT2D eigenvalue weighted by molar-refractivity contribution is 6.02. The van der Waals surface area contributed by atoms with E-state index in [1.54, 1.807) is 30.5 Å². The number of rotatable bonds is 5. The number of carbonyl (C=O) groups is 1. The molecule has 1 amide bonds. The van der Waals surface area contributed by atoms with E-state index in [1.807, 2.05) is 60.1 Å². The van der Waals surface area contributed by atoms with Crippen molar-refractivity contribution in [2.75, 3.05) is 5.32 Å². The van der Waals surface area contributed by atoms with Crippen LogP contribution in [0.3, 0.4) is 0 Å². The zero-order valence-electron chi connectivity index (χ0n) is 17.4. The molecular formula is C25H20N4O3. The molecule has 0 saturated carbocycles. The zero-order chi connectivity index (χ0) is 22.1. The quantitative estimate of drug-likeness (QED) is 0.454. The zero-order valence-corrected chi connectivity index (χ0v) is 17.4. The lowest BCUT2D eigenvalue weighted by atomic mass is 10.1. The van der Waals surface area contributed by atoms with E-state index >= 15 is 0 Å². The van der Waals surface area contributed by atoms with Gasteiger partial charge in [-0.1, -0.05) is 18.2 Å². The van der Waals surface area contributed by atoms with Gasteiger partial charge in [0.25, 0.3) is 11.5 Å².